The third-order valence-electron chi connectivity index (χ3n) is 4.87. The molecular formula is C19H21F4NO3S. The van der Waals surface area contributed by atoms with Gasteiger partial charge in [0.05, 0.1) is 6.61 Å². The van der Waals surface area contributed by atoms with Crippen molar-refractivity contribution in [3.8, 4) is 5.75 Å². The van der Waals surface area contributed by atoms with Crippen LogP contribution in [0.3, 0.4) is 0 Å². The van der Waals surface area contributed by atoms with Gasteiger partial charge in [0.1, 0.15) is 17.1 Å². The normalized spacial score (nSPS) is 20.3. The number of hydrogen-bond donors (Lipinski definition) is 2. The molecule has 9 heteroatoms. The molecule has 1 saturated carbocycles. The van der Waals surface area contributed by atoms with Crippen LogP contribution < -0.4 is 9.88 Å². The molecule has 2 aromatic carbocycles. The number of halogens is 4. The van der Waals surface area contributed by atoms with Crippen LogP contribution in [0, 0.1) is 17.2 Å². The molecule has 0 radical (unpaired) electrons. The van der Waals surface area contributed by atoms with Crippen LogP contribution in [0.25, 0.3) is 0 Å². The van der Waals surface area contributed by atoms with E-state index in [1.165, 1.54) is 0 Å². The fourth-order valence-corrected chi connectivity index (χ4v) is 3.41. The van der Waals surface area contributed by atoms with Gasteiger partial charge in [-0.3, -0.25) is 0 Å². The van der Waals surface area contributed by atoms with Gasteiger partial charge in [0, 0.05) is 5.92 Å². The predicted octanol–water partition coefficient (Wildman–Crippen LogP) is 4.13. The van der Waals surface area contributed by atoms with E-state index in [0.717, 1.165) is 17.7 Å². The van der Waals surface area contributed by atoms with Crippen molar-refractivity contribution in [1.29, 1.82) is 0 Å². The zero-order valence-electron chi connectivity index (χ0n) is 15.2. The molecule has 2 N–H and O–H groups in total. The fourth-order valence-electron chi connectivity index (χ4n) is 3.41. The van der Waals surface area contributed by atoms with Crippen LogP contribution in [0.2, 0.25) is 0 Å². The predicted molar refractivity (Wildman–Crippen MR) is 97.9 cm³/mol. The first-order valence-corrected chi connectivity index (χ1v) is 9.63. The third kappa shape index (κ3) is 5.45. The molecule has 4 nitrogen and oxygen atoms in total. The maximum Gasteiger partial charge on any atom is 0.420 e. The molecule has 3 rings (SSSR count). The molecule has 0 amide bonds. The lowest BCUT2D eigenvalue weighted by Gasteiger charge is -2.14. The topological polar surface area (TPSA) is 69.4 Å². The lowest BCUT2D eigenvalue weighted by Crippen LogP contribution is -2.11. The molecule has 2 aromatic rings. The van der Waals surface area contributed by atoms with Crippen molar-refractivity contribution < 1.29 is 30.7 Å². The van der Waals surface area contributed by atoms with Crippen LogP contribution in [0.4, 0.5) is 17.6 Å². The van der Waals surface area contributed by atoms with Gasteiger partial charge in [0.2, 0.25) is 0 Å². The smallest absolute Gasteiger partial charge is 0.420 e. The molecule has 1 aliphatic carbocycles. The van der Waals surface area contributed by atoms with Gasteiger partial charge in [-0.05, 0) is 35.1 Å². The van der Waals surface area contributed by atoms with Gasteiger partial charge in [-0.25, -0.2) is 17.9 Å². The second-order valence-electron chi connectivity index (χ2n) is 7.05. The summed E-state index contributed by atoms with van der Waals surface area (Å²) < 4.78 is 75.3. The van der Waals surface area contributed by atoms with Gasteiger partial charge >= 0.3 is 6.18 Å². The van der Waals surface area contributed by atoms with Crippen molar-refractivity contribution in [2.45, 2.75) is 25.9 Å². The highest BCUT2D eigenvalue weighted by Gasteiger charge is 2.58. The van der Waals surface area contributed by atoms with Gasteiger partial charge in [-0.1, -0.05) is 44.2 Å². The van der Waals surface area contributed by atoms with E-state index < -0.39 is 28.4 Å². The molecule has 0 aliphatic heterocycles. The van der Waals surface area contributed by atoms with E-state index in [9.17, 15) is 17.6 Å². The molecule has 1 aliphatic rings. The van der Waals surface area contributed by atoms with Crippen molar-refractivity contribution in [1.82, 2.24) is 0 Å². The Balaban J connectivity index is 0.000000640. The summed E-state index contributed by atoms with van der Waals surface area (Å²) in [6.07, 6.45) is -4.64. The number of ether oxygens (including phenoxy) is 1. The van der Waals surface area contributed by atoms with Gasteiger partial charge in [0.25, 0.3) is 0 Å². The summed E-state index contributed by atoms with van der Waals surface area (Å²) in [7, 11) is -2.62. The molecular weight excluding hydrogens is 398 g/mol. The Morgan fingerprint density at radius 1 is 1.11 bits per heavy atom. The average Bonchev–Trinajstić information content (AvgIpc) is 3.14. The fraction of sp³-hybridized carbons (Fsp3) is 0.368. The van der Waals surface area contributed by atoms with E-state index in [2.05, 4.69) is 19.0 Å². The van der Waals surface area contributed by atoms with Gasteiger partial charge < -0.3 is 4.74 Å². The second kappa shape index (κ2) is 8.48. The summed E-state index contributed by atoms with van der Waals surface area (Å²) in [5.74, 6) is -0.887. The van der Waals surface area contributed by atoms with E-state index in [0.29, 0.717) is 6.07 Å². The van der Waals surface area contributed by atoms with Crippen molar-refractivity contribution in [2.75, 3.05) is 6.61 Å². The Labute approximate surface area is 162 Å². The van der Waals surface area contributed by atoms with Crippen molar-refractivity contribution >= 4 is 10.9 Å². The first-order chi connectivity index (χ1) is 12.9. The van der Waals surface area contributed by atoms with Gasteiger partial charge in [-0.2, -0.15) is 13.2 Å². The standard InChI is InChI=1S/C19H18F4O.H3NO2S/c1-18(2)15(17(18)12-6-4-3-5-7-12)11-24-16-9-8-13(20)10-14(16)19(21,22)23;1-4(2)3/h3-10,15,17H,11H2,1-2H3;4H,(H2,1,2,3)/t15-,17-;/m1./s1. The van der Waals surface area contributed by atoms with Gasteiger partial charge in [-0.15, -0.1) is 0 Å². The number of hydrogen-bond acceptors (Lipinski definition) is 3. The lowest BCUT2D eigenvalue weighted by molar-refractivity contribution is -0.139. The second-order valence-corrected chi connectivity index (χ2v) is 7.62. The zero-order chi connectivity index (χ0) is 21.1. The van der Waals surface area contributed by atoms with E-state index in [1.54, 1.807) is 0 Å². The largest absolute Gasteiger partial charge is 0.493 e. The Hall–Kier alpha value is -2.13. The number of alkyl halides is 3. The Morgan fingerprint density at radius 3 is 2.21 bits per heavy atom. The zero-order valence-corrected chi connectivity index (χ0v) is 16.1. The summed E-state index contributed by atoms with van der Waals surface area (Å²) in [5, 5.41) is 4.06. The average molecular weight is 419 g/mol. The minimum atomic E-state index is -4.64. The Morgan fingerprint density at radius 2 is 1.68 bits per heavy atom. The maximum atomic E-state index is 13.1. The summed E-state index contributed by atoms with van der Waals surface area (Å²) >= 11 is 0. The summed E-state index contributed by atoms with van der Waals surface area (Å²) in [4.78, 5) is 0. The molecule has 2 atom stereocenters. The summed E-state index contributed by atoms with van der Waals surface area (Å²) in [6, 6.07) is 12.4. The summed E-state index contributed by atoms with van der Waals surface area (Å²) in [6.45, 7) is 4.32. The van der Waals surface area contributed by atoms with Crippen LogP contribution >= 0.6 is 0 Å². The minimum Gasteiger partial charge on any atom is -0.493 e. The molecule has 0 bridgehead atoms. The number of rotatable bonds is 4. The van der Waals surface area contributed by atoms with Crippen LogP contribution in [-0.2, 0) is 17.1 Å². The van der Waals surface area contributed by atoms with Crippen LogP contribution in [0.5, 0.6) is 5.75 Å². The molecule has 0 aromatic heterocycles. The molecule has 154 valence electrons. The highest BCUT2D eigenvalue weighted by atomic mass is 32.2. The van der Waals surface area contributed by atoms with Crippen molar-refractivity contribution in [3.05, 3.63) is 65.5 Å². The van der Waals surface area contributed by atoms with E-state index >= 15 is 0 Å². The summed E-state index contributed by atoms with van der Waals surface area (Å²) in [5.41, 5.74) is 0.0447. The molecule has 0 unspecified atom stereocenters. The lowest BCUT2D eigenvalue weighted by atomic mass is 10.0. The molecule has 1 fully saturated rings. The maximum absolute atomic E-state index is 13.1. The van der Waals surface area contributed by atoms with E-state index in [1.807, 2.05) is 30.3 Å². The van der Waals surface area contributed by atoms with Crippen LogP contribution in [0.1, 0.15) is 30.9 Å². The van der Waals surface area contributed by atoms with Crippen LogP contribution in [-0.4, -0.2) is 15.0 Å². The van der Waals surface area contributed by atoms with Crippen molar-refractivity contribution in [3.63, 3.8) is 0 Å². The number of benzene rings is 2. The Bertz CT molecular complexity index is 874. The SMILES string of the molecule is CC1(C)[C@H](COc2ccc(F)cc2C(F)(F)F)[C@H]1c1ccccc1.N[SH](=O)=O. The highest BCUT2D eigenvalue weighted by Crippen LogP contribution is 2.64. The van der Waals surface area contributed by atoms with Crippen molar-refractivity contribution in [2.24, 2.45) is 16.5 Å². The molecule has 0 spiro atoms. The quantitative estimate of drug-likeness (QED) is 0.578. The molecule has 28 heavy (non-hydrogen) atoms. The van der Waals surface area contributed by atoms with Crippen LogP contribution in [0.15, 0.2) is 48.5 Å². The number of thiol groups is 1. The monoisotopic (exact) mass is 419 g/mol. The molecule has 0 heterocycles. The molecule has 0 saturated heterocycles. The first-order valence-electron chi connectivity index (χ1n) is 8.38. The number of nitrogens with two attached hydrogens (primary N) is 1. The van der Waals surface area contributed by atoms with Gasteiger partial charge in [0.15, 0.2) is 10.9 Å². The minimum absolute atomic E-state index is 0.0419. The first kappa shape index (κ1) is 22.2. The van der Waals surface area contributed by atoms with E-state index in [4.69, 9.17) is 13.2 Å². The van der Waals surface area contributed by atoms with E-state index in [-0.39, 0.29) is 29.6 Å². The third-order valence-corrected chi connectivity index (χ3v) is 4.87. The highest BCUT2D eigenvalue weighted by molar-refractivity contribution is 7.69. The Kier molecular flexibility index (Phi) is 6.71.